The van der Waals surface area contributed by atoms with E-state index in [-0.39, 0.29) is 17.4 Å². The molecule has 0 aromatic rings. The third kappa shape index (κ3) is 1.85. The predicted octanol–water partition coefficient (Wildman–Crippen LogP) is 4.21. The average Bonchev–Trinajstić information content (AvgIpc) is 2.77. The Hall–Kier alpha value is -0.370. The summed E-state index contributed by atoms with van der Waals surface area (Å²) in [5, 5.41) is 10.5. The lowest BCUT2D eigenvalue weighted by atomic mass is 9.44. The number of aliphatic hydroxyl groups excluding tert-OH is 1. The van der Waals surface area contributed by atoms with E-state index < -0.39 is 0 Å². The van der Waals surface area contributed by atoms with Crippen LogP contribution in [0.1, 0.15) is 72.1 Å². The molecule has 0 aromatic carbocycles. The fourth-order valence-electron chi connectivity index (χ4n) is 7.38. The minimum Gasteiger partial charge on any atom is -0.393 e. The largest absolute Gasteiger partial charge is 0.393 e. The maximum atomic E-state index is 12.2. The first-order chi connectivity index (χ1) is 10.4. The molecule has 22 heavy (non-hydrogen) atoms. The van der Waals surface area contributed by atoms with E-state index in [0.717, 1.165) is 37.0 Å². The molecule has 0 bridgehead atoms. The average molecular weight is 304 g/mol. The van der Waals surface area contributed by atoms with Gasteiger partial charge >= 0.3 is 0 Å². The molecule has 4 aliphatic rings. The van der Waals surface area contributed by atoms with Gasteiger partial charge in [0.1, 0.15) is 5.78 Å². The van der Waals surface area contributed by atoms with E-state index in [0.29, 0.717) is 17.1 Å². The van der Waals surface area contributed by atoms with Crippen molar-refractivity contribution >= 4 is 5.78 Å². The van der Waals surface area contributed by atoms with Crippen molar-refractivity contribution in [2.45, 2.75) is 78.2 Å². The van der Waals surface area contributed by atoms with Gasteiger partial charge in [-0.2, -0.15) is 0 Å². The van der Waals surface area contributed by atoms with E-state index in [2.05, 4.69) is 20.8 Å². The topological polar surface area (TPSA) is 37.3 Å². The van der Waals surface area contributed by atoms with Crippen LogP contribution in [0.25, 0.3) is 0 Å². The highest BCUT2D eigenvalue weighted by Crippen LogP contribution is 2.66. The highest BCUT2D eigenvalue weighted by Gasteiger charge is 2.60. The lowest BCUT2D eigenvalue weighted by Gasteiger charge is -2.60. The second-order valence-electron chi connectivity index (χ2n) is 9.57. The molecule has 0 spiro atoms. The van der Waals surface area contributed by atoms with Gasteiger partial charge in [-0.3, -0.25) is 4.79 Å². The summed E-state index contributed by atoms with van der Waals surface area (Å²) < 4.78 is 0. The Balaban J connectivity index is 1.65. The minimum atomic E-state index is -0.0733. The van der Waals surface area contributed by atoms with Gasteiger partial charge in [-0.25, -0.2) is 0 Å². The van der Waals surface area contributed by atoms with Gasteiger partial charge in [-0.15, -0.1) is 0 Å². The van der Waals surface area contributed by atoms with Crippen LogP contribution >= 0.6 is 0 Å². The van der Waals surface area contributed by atoms with Gasteiger partial charge in [0.25, 0.3) is 0 Å². The number of fused-ring (bicyclic) bond motifs is 5. The number of aliphatic hydroxyl groups is 1. The Labute approximate surface area is 135 Å². The third-order valence-corrected chi connectivity index (χ3v) is 8.76. The number of carbonyl (C=O) groups is 1. The molecule has 124 valence electrons. The van der Waals surface area contributed by atoms with Gasteiger partial charge in [0, 0.05) is 12.3 Å². The Morgan fingerprint density at radius 3 is 2.50 bits per heavy atom. The predicted molar refractivity (Wildman–Crippen MR) is 87.3 cm³/mol. The maximum absolute atomic E-state index is 12.2. The van der Waals surface area contributed by atoms with Crippen molar-refractivity contribution in [3.63, 3.8) is 0 Å². The normalized spacial score (nSPS) is 57.9. The van der Waals surface area contributed by atoms with E-state index >= 15 is 0 Å². The second kappa shape index (κ2) is 4.82. The molecule has 4 saturated carbocycles. The molecule has 2 nitrogen and oxygen atoms in total. The van der Waals surface area contributed by atoms with Gasteiger partial charge in [-0.1, -0.05) is 20.8 Å². The number of carbonyl (C=O) groups excluding carboxylic acids is 1. The highest BCUT2D eigenvalue weighted by molar-refractivity contribution is 5.82. The fourth-order valence-corrected chi connectivity index (χ4v) is 7.38. The summed E-state index contributed by atoms with van der Waals surface area (Å²) in [6, 6.07) is 0. The molecule has 2 heteroatoms. The van der Waals surface area contributed by atoms with Crippen LogP contribution in [0.15, 0.2) is 0 Å². The number of hydrogen-bond acceptors (Lipinski definition) is 2. The SMILES string of the molecule is C[C@@H]1C[C@@]2(C)[C@H](CC[C@H]3[C@@H]2CC[C@]2(C)[C@H](O)CC[C@@H]32)CC1=O. The maximum Gasteiger partial charge on any atom is 0.136 e. The molecule has 4 aliphatic carbocycles. The van der Waals surface area contributed by atoms with E-state index in [4.69, 9.17) is 0 Å². The summed E-state index contributed by atoms with van der Waals surface area (Å²) >= 11 is 0. The molecular weight excluding hydrogens is 272 g/mol. The third-order valence-electron chi connectivity index (χ3n) is 8.76. The van der Waals surface area contributed by atoms with Crippen molar-refractivity contribution in [3.05, 3.63) is 0 Å². The summed E-state index contributed by atoms with van der Waals surface area (Å²) in [7, 11) is 0. The van der Waals surface area contributed by atoms with E-state index in [1.54, 1.807) is 0 Å². The lowest BCUT2D eigenvalue weighted by Crippen LogP contribution is -2.55. The molecule has 1 N–H and O–H groups in total. The van der Waals surface area contributed by atoms with Gasteiger partial charge < -0.3 is 5.11 Å². The van der Waals surface area contributed by atoms with Crippen molar-refractivity contribution in [2.24, 2.45) is 40.4 Å². The van der Waals surface area contributed by atoms with Gasteiger partial charge in [0.15, 0.2) is 0 Å². The highest BCUT2D eigenvalue weighted by atomic mass is 16.3. The van der Waals surface area contributed by atoms with Crippen LogP contribution in [-0.4, -0.2) is 17.0 Å². The number of rotatable bonds is 0. The molecule has 0 radical (unpaired) electrons. The zero-order chi connectivity index (χ0) is 15.7. The van der Waals surface area contributed by atoms with Crippen molar-refractivity contribution in [1.29, 1.82) is 0 Å². The minimum absolute atomic E-state index is 0.0733. The Kier molecular flexibility index (Phi) is 3.32. The van der Waals surface area contributed by atoms with E-state index in [9.17, 15) is 9.90 Å². The van der Waals surface area contributed by atoms with E-state index in [1.165, 1.54) is 32.1 Å². The number of hydrogen-bond donors (Lipinski definition) is 1. The molecule has 0 aliphatic heterocycles. The second-order valence-corrected chi connectivity index (χ2v) is 9.57. The van der Waals surface area contributed by atoms with Crippen molar-refractivity contribution < 1.29 is 9.90 Å². The smallest absolute Gasteiger partial charge is 0.136 e. The van der Waals surface area contributed by atoms with Crippen LogP contribution in [0.3, 0.4) is 0 Å². The molecule has 0 aromatic heterocycles. The molecule has 4 rings (SSSR count). The van der Waals surface area contributed by atoms with Crippen molar-refractivity contribution in [3.8, 4) is 0 Å². The summed E-state index contributed by atoms with van der Waals surface area (Å²) in [6.07, 6.45) is 9.16. The number of Topliss-reactive ketones (excluding diaryl/α,β-unsaturated/α-hetero) is 1. The Bertz CT molecular complexity index is 486. The summed E-state index contributed by atoms with van der Waals surface area (Å²) in [5.74, 6) is 3.74. The standard InChI is InChI=1S/C20H32O2/c1-12-11-20(3)13(10-17(12)21)4-5-14-15-6-7-18(22)19(15,2)9-8-16(14)20/h12-16,18,22H,4-11H2,1-3H3/t12-,13-,14-,15+,16+,18-,19+,20+/m1/s1. The van der Waals surface area contributed by atoms with Crippen LogP contribution in [-0.2, 0) is 4.79 Å². The molecule has 4 fully saturated rings. The van der Waals surface area contributed by atoms with Gasteiger partial charge in [-0.05, 0) is 79.4 Å². The first kappa shape index (κ1) is 15.2. The van der Waals surface area contributed by atoms with Crippen LogP contribution in [0, 0.1) is 40.4 Å². The lowest BCUT2D eigenvalue weighted by molar-refractivity contribution is -0.148. The monoisotopic (exact) mass is 304 g/mol. The van der Waals surface area contributed by atoms with Gasteiger partial charge in [0.05, 0.1) is 6.10 Å². The van der Waals surface area contributed by atoms with Crippen LogP contribution in [0.5, 0.6) is 0 Å². The summed E-state index contributed by atoms with van der Waals surface area (Å²) in [6.45, 7) is 7.01. The molecule has 0 unspecified atom stereocenters. The van der Waals surface area contributed by atoms with Gasteiger partial charge in [0.2, 0.25) is 0 Å². The Morgan fingerprint density at radius 1 is 1.00 bits per heavy atom. The summed E-state index contributed by atoms with van der Waals surface area (Å²) in [5.41, 5.74) is 0.561. The quantitative estimate of drug-likeness (QED) is 0.728. The van der Waals surface area contributed by atoms with Crippen molar-refractivity contribution in [1.82, 2.24) is 0 Å². The van der Waals surface area contributed by atoms with Crippen LogP contribution < -0.4 is 0 Å². The first-order valence-electron chi connectivity index (χ1n) is 9.57. The molecule has 0 amide bonds. The molecule has 8 atom stereocenters. The Morgan fingerprint density at radius 2 is 1.73 bits per heavy atom. The van der Waals surface area contributed by atoms with Crippen LogP contribution in [0.4, 0.5) is 0 Å². The van der Waals surface area contributed by atoms with Crippen molar-refractivity contribution in [2.75, 3.05) is 0 Å². The van der Waals surface area contributed by atoms with Crippen LogP contribution in [0.2, 0.25) is 0 Å². The van der Waals surface area contributed by atoms with E-state index in [1.807, 2.05) is 0 Å². The zero-order valence-corrected chi connectivity index (χ0v) is 14.5. The summed E-state index contributed by atoms with van der Waals surface area (Å²) in [4.78, 5) is 12.2. The molecule has 0 heterocycles. The molecular formula is C20H32O2. The fraction of sp³-hybridized carbons (Fsp3) is 0.950. The zero-order valence-electron chi connectivity index (χ0n) is 14.5. The molecule has 0 saturated heterocycles. The first-order valence-corrected chi connectivity index (χ1v) is 9.57. The number of ketones is 1.